The Balaban J connectivity index is 1.61. The van der Waals surface area contributed by atoms with Gasteiger partial charge in [-0.25, -0.2) is 0 Å². The van der Waals surface area contributed by atoms with Gasteiger partial charge in [-0.3, -0.25) is 14.5 Å². The first-order valence-corrected chi connectivity index (χ1v) is 20.6. The van der Waals surface area contributed by atoms with Gasteiger partial charge in [0.2, 0.25) is 0 Å². The van der Waals surface area contributed by atoms with Gasteiger partial charge in [0, 0.05) is 18.8 Å². The molecule has 1 rings (SSSR count). The molecule has 0 aromatic heterocycles. The van der Waals surface area contributed by atoms with Gasteiger partial charge in [0.15, 0.2) is 0 Å². The predicted octanol–water partition coefficient (Wildman–Crippen LogP) is 5.56. The monoisotopic (exact) mass is 762 g/mol. The van der Waals surface area contributed by atoms with Crippen molar-refractivity contribution in [2.45, 2.75) is 96.8 Å². The number of imide groups is 1. The molecule has 0 aliphatic carbocycles. The molecule has 0 unspecified atom stereocenters. The molecule has 0 N–H and O–H groups in total. The van der Waals surface area contributed by atoms with Gasteiger partial charge in [0.1, 0.15) is 0 Å². The minimum absolute atomic E-state index is 0.243. The molecule has 312 valence electrons. The predicted molar refractivity (Wildman–Crippen MR) is 204 cm³/mol. The Kier molecular flexibility index (Phi) is 38.9. The first-order valence-electron chi connectivity index (χ1n) is 20.6. The fraction of sp³-hybridized carbons (Fsp3) is 0.900. The molecule has 0 aromatic carbocycles. The van der Waals surface area contributed by atoms with E-state index in [9.17, 15) is 9.59 Å². The first kappa shape index (κ1) is 49.5. The zero-order valence-electron chi connectivity index (χ0n) is 33.2. The summed E-state index contributed by atoms with van der Waals surface area (Å²) < 4.78 is 55.0. The van der Waals surface area contributed by atoms with E-state index in [2.05, 4.69) is 6.92 Å². The molecule has 1 heterocycles. The van der Waals surface area contributed by atoms with Gasteiger partial charge in [0.05, 0.1) is 132 Å². The Morgan fingerprint density at radius 3 is 0.830 bits per heavy atom. The first-order chi connectivity index (χ1) is 26.3. The summed E-state index contributed by atoms with van der Waals surface area (Å²) in [7, 11) is 0. The molecule has 13 heteroatoms. The third kappa shape index (κ3) is 35.9. The summed E-state index contributed by atoms with van der Waals surface area (Å²) >= 11 is 0. The molecule has 2 amide bonds. The Morgan fingerprint density at radius 1 is 0.321 bits per heavy atom. The number of ether oxygens (including phenoxy) is 10. The molecular weight excluding hydrogens is 686 g/mol. The van der Waals surface area contributed by atoms with Crippen LogP contribution in [0.5, 0.6) is 0 Å². The topological polar surface area (TPSA) is 130 Å². The van der Waals surface area contributed by atoms with Crippen LogP contribution in [0.1, 0.15) is 96.8 Å². The number of carbonyl (C=O) groups excluding carboxylic acids is 2. The van der Waals surface area contributed by atoms with Crippen LogP contribution in [0, 0.1) is 0 Å². The van der Waals surface area contributed by atoms with Gasteiger partial charge in [-0.05, 0) is 6.42 Å². The van der Waals surface area contributed by atoms with Crippen LogP contribution in [-0.4, -0.2) is 155 Å². The molecule has 0 saturated heterocycles. The van der Waals surface area contributed by atoms with Crippen LogP contribution in [-0.2, 0) is 57.0 Å². The molecule has 1 aliphatic rings. The van der Waals surface area contributed by atoms with Crippen molar-refractivity contribution in [1.29, 1.82) is 0 Å². The third-order valence-electron chi connectivity index (χ3n) is 8.35. The molecule has 13 nitrogen and oxygen atoms in total. The van der Waals surface area contributed by atoms with Crippen LogP contribution in [0.25, 0.3) is 0 Å². The highest BCUT2D eigenvalue weighted by atomic mass is 16.6. The van der Waals surface area contributed by atoms with Crippen LogP contribution in [0.2, 0.25) is 0 Å². The minimum Gasteiger partial charge on any atom is -0.379 e. The standard InChI is InChI=1S/C40H75NO12/c1-2-3-4-5-6-7-8-9-10-11-12-13-14-15-19-44-21-23-46-25-27-48-29-31-50-33-35-52-37-38-53-36-34-51-32-30-49-28-26-47-24-22-45-20-18-41-39(42)16-17-40(41)43/h16-17H,2-15,18-38H2,1H3. The number of rotatable bonds is 45. The van der Waals surface area contributed by atoms with Crippen LogP contribution >= 0.6 is 0 Å². The van der Waals surface area contributed by atoms with Gasteiger partial charge >= 0.3 is 0 Å². The lowest BCUT2D eigenvalue weighted by Crippen LogP contribution is -2.33. The molecule has 1 aliphatic heterocycles. The quantitative estimate of drug-likeness (QED) is 0.0569. The molecule has 53 heavy (non-hydrogen) atoms. The van der Waals surface area contributed by atoms with Gasteiger partial charge in [-0.1, -0.05) is 90.4 Å². The van der Waals surface area contributed by atoms with Crippen molar-refractivity contribution >= 4 is 11.8 Å². The Bertz CT molecular complexity index is 801. The molecule has 0 bridgehead atoms. The molecule has 0 radical (unpaired) electrons. The summed E-state index contributed by atoms with van der Waals surface area (Å²) in [5.74, 6) is -0.605. The SMILES string of the molecule is CCCCCCCCCCCCCCCCOCCOCCOCCOCCOCCOCCOCCOCCOCCOCCN1C(=O)C=CC1=O. The number of unbranched alkanes of at least 4 members (excludes halogenated alkanes) is 13. The summed E-state index contributed by atoms with van der Waals surface area (Å²) in [6.45, 7) is 12.7. The van der Waals surface area contributed by atoms with E-state index in [-0.39, 0.29) is 25.0 Å². The lowest BCUT2D eigenvalue weighted by atomic mass is 10.0. The highest BCUT2D eigenvalue weighted by Crippen LogP contribution is 2.13. The van der Waals surface area contributed by atoms with Crippen LogP contribution < -0.4 is 0 Å². The average Bonchev–Trinajstić information content (AvgIpc) is 3.49. The van der Waals surface area contributed by atoms with E-state index in [0.29, 0.717) is 119 Å². The van der Waals surface area contributed by atoms with Crippen molar-refractivity contribution in [2.24, 2.45) is 0 Å². The largest absolute Gasteiger partial charge is 0.379 e. The summed E-state index contributed by atoms with van der Waals surface area (Å²) in [5.41, 5.74) is 0. The van der Waals surface area contributed by atoms with E-state index in [1.165, 1.54) is 95.6 Å². The van der Waals surface area contributed by atoms with Crippen molar-refractivity contribution in [3.8, 4) is 0 Å². The van der Waals surface area contributed by atoms with E-state index in [0.717, 1.165) is 17.9 Å². The minimum atomic E-state index is -0.303. The van der Waals surface area contributed by atoms with Gasteiger partial charge in [-0.2, -0.15) is 0 Å². The lowest BCUT2D eigenvalue weighted by molar-refractivity contribution is -0.137. The maximum absolute atomic E-state index is 11.4. The Labute approximate surface area is 320 Å². The molecule has 0 atom stereocenters. The summed E-state index contributed by atoms with van der Waals surface area (Å²) in [6, 6.07) is 0. The van der Waals surface area contributed by atoms with Crippen molar-refractivity contribution in [3.05, 3.63) is 12.2 Å². The van der Waals surface area contributed by atoms with Gasteiger partial charge in [0.25, 0.3) is 11.8 Å². The maximum Gasteiger partial charge on any atom is 0.253 e. The van der Waals surface area contributed by atoms with Crippen molar-refractivity contribution in [2.75, 3.05) is 139 Å². The highest BCUT2D eigenvalue weighted by Gasteiger charge is 2.22. The zero-order chi connectivity index (χ0) is 38.0. The van der Waals surface area contributed by atoms with E-state index < -0.39 is 0 Å². The molecule has 0 aromatic rings. The number of nitrogens with zero attached hydrogens (tertiary/aromatic N) is 1. The second-order valence-electron chi connectivity index (χ2n) is 12.9. The van der Waals surface area contributed by atoms with Crippen LogP contribution in [0.15, 0.2) is 12.2 Å². The van der Waals surface area contributed by atoms with E-state index in [4.69, 9.17) is 47.4 Å². The van der Waals surface area contributed by atoms with E-state index in [1.54, 1.807) is 0 Å². The fourth-order valence-electron chi connectivity index (χ4n) is 5.29. The zero-order valence-corrected chi connectivity index (χ0v) is 33.2. The van der Waals surface area contributed by atoms with Crippen molar-refractivity contribution in [3.63, 3.8) is 0 Å². The molecular formula is C40H75NO12. The normalized spacial score (nSPS) is 13.0. The molecule has 0 spiro atoms. The summed E-state index contributed by atoms with van der Waals surface area (Å²) in [5, 5.41) is 0. The summed E-state index contributed by atoms with van der Waals surface area (Å²) in [6.07, 6.45) is 21.7. The smallest absolute Gasteiger partial charge is 0.253 e. The number of amides is 2. The highest BCUT2D eigenvalue weighted by molar-refractivity contribution is 6.12. The molecule has 0 fully saturated rings. The third-order valence-corrected chi connectivity index (χ3v) is 8.35. The van der Waals surface area contributed by atoms with Crippen molar-refractivity contribution < 1.29 is 57.0 Å². The maximum atomic E-state index is 11.4. The van der Waals surface area contributed by atoms with Crippen LogP contribution in [0.3, 0.4) is 0 Å². The Hall–Kier alpha value is -1.52. The molecule has 0 saturated carbocycles. The van der Waals surface area contributed by atoms with Gasteiger partial charge in [-0.15, -0.1) is 0 Å². The van der Waals surface area contributed by atoms with E-state index >= 15 is 0 Å². The van der Waals surface area contributed by atoms with Crippen molar-refractivity contribution in [1.82, 2.24) is 4.90 Å². The number of hydrogen-bond acceptors (Lipinski definition) is 12. The van der Waals surface area contributed by atoms with Gasteiger partial charge < -0.3 is 47.4 Å². The average molecular weight is 762 g/mol. The number of carbonyl (C=O) groups is 2. The number of hydrogen-bond donors (Lipinski definition) is 0. The lowest BCUT2D eigenvalue weighted by Gasteiger charge is -2.13. The van der Waals surface area contributed by atoms with E-state index in [1.807, 2.05) is 0 Å². The fourth-order valence-corrected chi connectivity index (χ4v) is 5.29. The Morgan fingerprint density at radius 2 is 0.547 bits per heavy atom. The second-order valence-corrected chi connectivity index (χ2v) is 12.9. The van der Waals surface area contributed by atoms with Crippen LogP contribution in [0.4, 0.5) is 0 Å². The summed E-state index contributed by atoms with van der Waals surface area (Å²) in [4.78, 5) is 24.0. The second kappa shape index (κ2) is 41.6.